The molecule has 434 valence electrons. The van der Waals surface area contributed by atoms with Crippen molar-refractivity contribution >= 4 is 11.9 Å². The van der Waals surface area contributed by atoms with Crippen LogP contribution in [0.25, 0.3) is 0 Å². The highest BCUT2D eigenvalue weighted by molar-refractivity contribution is 5.76. The fourth-order valence-corrected chi connectivity index (χ4v) is 10.7. The molecule has 6 heteroatoms. The van der Waals surface area contributed by atoms with E-state index in [9.17, 15) is 19.8 Å². The van der Waals surface area contributed by atoms with Gasteiger partial charge in [0.05, 0.1) is 25.4 Å². The van der Waals surface area contributed by atoms with Gasteiger partial charge in [-0.05, 0) is 51.4 Å². The lowest BCUT2D eigenvalue weighted by atomic mass is 10.0. The molecule has 0 aromatic heterocycles. The van der Waals surface area contributed by atoms with Crippen molar-refractivity contribution in [1.82, 2.24) is 5.32 Å². The molecule has 0 fully saturated rings. The number of ether oxygens (including phenoxy) is 1. The number of aliphatic hydroxyl groups is 2. The van der Waals surface area contributed by atoms with Crippen molar-refractivity contribution in [3.05, 3.63) is 12.2 Å². The molecule has 0 spiro atoms. The van der Waals surface area contributed by atoms with E-state index in [1.165, 1.54) is 276 Å². The zero-order valence-electron chi connectivity index (χ0n) is 49.6. The van der Waals surface area contributed by atoms with E-state index in [4.69, 9.17) is 4.74 Å². The first-order chi connectivity index (χ1) is 36.0. The number of hydrogen-bond acceptors (Lipinski definition) is 5. The van der Waals surface area contributed by atoms with E-state index < -0.39 is 12.1 Å². The number of esters is 1. The topological polar surface area (TPSA) is 95.9 Å². The molecule has 73 heavy (non-hydrogen) atoms. The van der Waals surface area contributed by atoms with Gasteiger partial charge in [0.15, 0.2) is 0 Å². The Bertz CT molecular complexity index is 1100. The highest BCUT2D eigenvalue weighted by Gasteiger charge is 2.20. The molecule has 0 radical (unpaired) electrons. The quantitative estimate of drug-likeness (QED) is 0.0320. The van der Waals surface area contributed by atoms with Crippen LogP contribution in [0.3, 0.4) is 0 Å². The molecule has 0 heterocycles. The van der Waals surface area contributed by atoms with Crippen molar-refractivity contribution in [3.8, 4) is 0 Å². The standard InChI is InChI=1S/C67H131NO5/c1-3-5-7-9-11-13-15-17-19-21-23-24-25-26-27-28-31-35-39-43-47-51-55-59-65(70)64(63-69)68-66(71)60-56-52-48-44-40-36-32-30-34-38-42-46-50-54-58-62-73-67(72)61-57-53-49-45-41-37-33-29-22-20-18-16-14-12-10-8-6-4-2/h34,38,64-65,69-70H,3-33,35-37,39-63H2,1-2H3,(H,68,71)/b38-34-. The summed E-state index contributed by atoms with van der Waals surface area (Å²) >= 11 is 0. The number of rotatable bonds is 63. The number of allylic oxidation sites excluding steroid dienone is 2. The molecule has 2 unspecified atom stereocenters. The number of hydrogen-bond donors (Lipinski definition) is 3. The summed E-state index contributed by atoms with van der Waals surface area (Å²) in [6.07, 6.45) is 76.6. The van der Waals surface area contributed by atoms with Gasteiger partial charge in [-0.2, -0.15) is 0 Å². The van der Waals surface area contributed by atoms with Crippen LogP contribution in [0, 0.1) is 0 Å². The molecule has 0 bridgehead atoms. The summed E-state index contributed by atoms with van der Waals surface area (Å²) in [6, 6.07) is -0.553. The molecule has 0 saturated heterocycles. The first-order valence-electron chi connectivity index (χ1n) is 33.4. The van der Waals surface area contributed by atoms with Gasteiger partial charge < -0.3 is 20.3 Å². The maximum Gasteiger partial charge on any atom is 0.305 e. The molecule has 3 N–H and O–H groups in total. The largest absolute Gasteiger partial charge is 0.466 e. The number of carbonyl (C=O) groups excluding carboxylic acids is 2. The molecular weight excluding hydrogens is 899 g/mol. The second-order valence-electron chi connectivity index (χ2n) is 23.2. The predicted molar refractivity (Wildman–Crippen MR) is 320 cm³/mol. The Morgan fingerprint density at radius 2 is 0.644 bits per heavy atom. The van der Waals surface area contributed by atoms with Crippen LogP contribution in [-0.2, 0) is 14.3 Å². The molecule has 6 nitrogen and oxygen atoms in total. The zero-order chi connectivity index (χ0) is 52.9. The Morgan fingerprint density at radius 3 is 0.973 bits per heavy atom. The Labute approximate surface area is 457 Å². The Balaban J connectivity index is 3.43. The first-order valence-corrected chi connectivity index (χ1v) is 33.4. The highest BCUT2D eigenvalue weighted by atomic mass is 16.5. The monoisotopic (exact) mass is 1030 g/mol. The summed E-state index contributed by atoms with van der Waals surface area (Å²) in [5, 5.41) is 23.4. The van der Waals surface area contributed by atoms with E-state index in [0.717, 1.165) is 70.6 Å². The number of nitrogens with one attached hydrogen (secondary N) is 1. The number of unbranched alkanes of at least 4 members (excludes halogenated alkanes) is 50. The van der Waals surface area contributed by atoms with Gasteiger partial charge in [0.1, 0.15) is 0 Å². The number of carbonyl (C=O) groups is 2. The summed E-state index contributed by atoms with van der Waals surface area (Å²) in [6.45, 7) is 4.96. The lowest BCUT2D eigenvalue weighted by Crippen LogP contribution is -2.45. The molecule has 0 aromatic rings. The molecule has 0 aliphatic carbocycles. The highest BCUT2D eigenvalue weighted by Crippen LogP contribution is 2.19. The van der Waals surface area contributed by atoms with Gasteiger partial charge in [-0.1, -0.05) is 328 Å². The summed E-state index contributed by atoms with van der Waals surface area (Å²) in [5.41, 5.74) is 0. The van der Waals surface area contributed by atoms with E-state index in [1.54, 1.807) is 0 Å². The fourth-order valence-electron chi connectivity index (χ4n) is 10.7. The third kappa shape index (κ3) is 59.7. The van der Waals surface area contributed by atoms with Crippen LogP contribution in [0.1, 0.15) is 380 Å². The minimum atomic E-state index is -0.675. The molecule has 0 rings (SSSR count). The van der Waals surface area contributed by atoms with Crippen molar-refractivity contribution in [2.24, 2.45) is 0 Å². The predicted octanol–water partition coefficient (Wildman–Crippen LogP) is 21.2. The number of amides is 1. The van der Waals surface area contributed by atoms with Crippen LogP contribution in [0.4, 0.5) is 0 Å². The van der Waals surface area contributed by atoms with Gasteiger partial charge in [0.25, 0.3) is 0 Å². The zero-order valence-corrected chi connectivity index (χ0v) is 49.6. The van der Waals surface area contributed by atoms with Gasteiger partial charge in [-0.25, -0.2) is 0 Å². The summed E-state index contributed by atoms with van der Waals surface area (Å²) in [7, 11) is 0. The van der Waals surface area contributed by atoms with Crippen LogP contribution in [0.5, 0.6) is 0 Å². The van der Waals surface area contributed by atoms with Crippen molar-refractivity contribution in [2.45, 2.75) is 392 Å². The van der Waals surface area contributed by atoms with Crippen LogP contribution in [-0.4, -0.2) is 47.4 Å². The van der Waals surface area contributed by atoms with Gasteiger partial charge >= 0.3 is 5.97 Å². The van der Waals surface area contributed by atoms with E-state index >= 15 is 0 Å². The maximum atomic E-state index is 12.5. The van der Waals surface area contributed by atoms with Crippen molar-refractivity contribution in [3.63, 3.8) is 0 Å². The lowest BCUT2D eigenvalue weighted by Gasteiger charge is -2.22. The number of aliphatic hydroxyl groups excluding tert-OH is 2. The van der Waals surface area contributed by atoms with Crippen molar-refractivity contribution in [1.29, 1.82) is 0 Å². The van der Waals surface area contributed by atoms with Crippen LogP contribution in [0.15, 0.2) is 12.2 Å². The second kappa shape index (κ2) is 63.1. The SMILES string of the molecule is CCCCCCCCCCCCCCCCCCCCCCCCCC(O)C(CO)NC(=O)CCCCCCCCC/C=C\CCCCCCOC(=O)CCCCCCCCCCCCCCCCCCCC. The normalized spacial score (nSPS) is 12.5. The van der Waals surface area contributed by atoms with E-state index in [-0.39, 0.29) is 18.5 Å². The van der Waals surface area contributed by atoms with E-state index in [1.807, 2.05) is 0 Å². The minimum absolute atomic E-state index is 0.00425. The van der Waals surface area contributed by atoms with Gasteiger partial charge in [0.2, 0.25) is 5.91 Å². The first kappa shape index (κ1) is 71.6. The fraction of sp³-hybridized carbons (Fsp3) is 0.940. The van der Waals surface area contributed by atoms with Crippen molar-refractivity contribution in [2.75, 3.05) is 13.2 Å². The Morgan fingerprint density at radius 1 is 0.370 bits per heavy atom. The smallest absolute Gasteiger partial charge is 0.305 e. The average molecular weight is 1030 g/mol. The molecule has 1 amide bonds. The molecule has 0 aliphatic rings. The maximum absolute atomic E-state index is 12.5. The average Bonchev–Trinajstić information content (AvgIpc) is 3.39. The lowest BCUT2D eigenvalue weighted by molar-refractivity contribution is -0.143. The van der Waals surface area contributed by atoms with Gasteiger partial charge in [-0.15, -0.1) is 0 Å². The van der Waals surface area contributed by atoms with E-state index in [0.29, 0.717) is 25.9 Å². The Kier molecular flexibility index (Phi) is 61.9. The van der Waals surface area contributed by atoms with Crippen LogP contribution >= 0.6 is 0 Å². The van der Waals surface area contributed by atoms with Crippen molar-refractivity contribution < 1.29 is 24.5 Å². The Hall–Kier alpha value is -1.40. The molecular formula is C67H131NO5. The molecule has 0 saturated carbocycles. The van der Waals surface area contributed by atoms with E-state index in [2.05, 4.69) is 31.3 Å². The van der Waals surface area contributed by atoms with Crippen LogP contribution < -0.4 is 5.32 Å². The second-order valence-corrected chi connectivity index (χ2v) is 23.2. The third-order valence-corrected chi connectivity index (χ3v) is 15.8. The molecule has 0 aliphatic heterocycles. The minimum Gasteiger partial charge on any atom is -0.466 e. The van der Waals surface area contributed by atoms with Gasteiger partial charge in [0, 0.05) is 12.8 Å². The summed E-state index contributed by atoms with van der Waals surface area (Å²) in [5.74, 6) is -0.0496. The van der Waals surface area contributed by atoms with Gasteiger partial charge in [-0.3, -0.25) is 9.59 Å². The molecule has 0 aromatic carbocycles. The van der Waals surface area contributed by atoms with Crippen LogP contribution in [0.2, 0.25) is 0 Å². The third-order valence-electron chi connectivity index (χ3n) is 15.8. The summed E-state index contributed by atoms with van der Waals surface area (Å²) < 4.78 is 5.49. The molecule has 2 atom stereocenters. The summed E-state index contributed by atoms with van der Waals surface area (Å²) in [4.78, 5) is 24.6.